The van der Waals surface area contributed by atoms with Crippen molar-refractivity contribution in [1.82, 2.24) is 0 Å². The molecule has 1 aliphatic rings. The predicted molar refractivity (Wildman–Crippen MR) is 125 cm³/mol. The van der Waals surface area contributed by atoms with Crippen LogP contribution in [0.1, 0.15) is 103 Å². The van der Waals surface area contributed by atoms with Crippen LogP contribution in [0.15, 0.2) is 17.5 Å². The molecule has 176 valence electrons. The van der Waals surface area contributed by atoms with E-state index in [1.54, 1.807) is 11.3 Å². The molecule has 0 spiro atoms. The predicted octanol–water partition coefficient (Wildman–Crippen LogP) is 7.43. The molecule has 1 aliphatic carbocycles. The fourth-order valence-corrected chi connectivity index (χ4v) is 4.28. The molecule has 1 aromatic heterocycles. The van der Waals surface area contributed by atoms with Gasteiger partial charge in [0.25, 0.3) is 10.1 Å². The largest absolute Gasteiger partial charge is 0.299 e. The molecule has 0 aliphatic heterocycles. The van der Waals surface area contributed by atoms with Crippen LogP contribution in [0.25, 0.3) is 0 Å². The van der Waals surface area contributed by atoms with Gasteiger partial charge in [0.05, 0.1) is 5.75 Å². The summed E-state index contributed by atoms with van der Waals surface area (Å²) >= 11 is 1.65. The van der Waals surface area contributed by atoms with Crippen molar-refractivity contribution >= 4 is 27.2 Å². The van der Waals surface area contributed by atoms with Crippen LogP contribution in [0.2, 0.25) is 0 Å². The molecule has 4 nitrogen and oxygen atoms in total. The number of halogens is 1. The molecule has 1 aromatic rings. The number of carbonyl (C=O) groups excluding carboxylic acids is 1. The van der Waals surface area contributed by atoms with Crippen LogP contribution in [-0.2, 0) is 25.7 Å². The highest BCUT2D eigenvalue weighted by Crippen LogP contribution is 2.15. The van der Waals surface area contributed by atoms with Crippen LogP contribution >= 0.6 is 11.3 Å². The maximum absolute atomic E-state index is 11.3. The Morgan fingerprint density at radius 1 is 1.03 bits per heavy atom. The maximum Gasteiger partial charge on any atom is 0.297 e. The van der Waals surface area contributed by atoms with Crippen LogP contribution in [0.4, 0.5) is 4.53 Å². The van der Waals surface area contributed by atoms with Gasteiger partial charge < -0.3 is 0 Å². The number of Topliss-reactive ketones (excluding diaryl/α,β-unsaturated/α-hetero) is 1. The molecule has 1 saturated carbocycles. The molecule has 0 radical (unpaired) electrons. The Hall–Kier alpha value is -0.790. The Labute approximate surface area is 187 Å². The Balaban J connectivity index is 0.000000445. The van der Waals surface area contributed by atoms with E-state index in [0.29, 0.717) is 18.6 Å². The lowest BCUT2D eigenvalue weighted by Gasteiger charge is -2.05. The lowest BCUT2D eigenvalue weighted by molar-refractivity contribution is -0.121. The molecule has 1 heterocycles. The van der Waals surface area contributed by atoms with Crippen molar-refractivity contribution in [2.24, 2.45) is 5.92 Å². The van der Waals surface area contributed by atoms with E-state index in [1.165, 1.54) is 49.8 Å². The number of carbonyl (C=O) groups is 1. The summed E-state index contributed by atoms with van der Waals surface area (Å²) in [7, 11) is -3.88. The highest BCUT2D eigenvalue weighted by molar-refractivity contribution is 7.86. The third kappa shape index (κ3) is 18.0. The van der Waals surface area contributed by atoms with Crippen LogP contribution in [0, 0.1) is 5.92 Å². The van der Waals surface area contributed by atoms with Crippen molar-refractivity contribution < 1.29 is 22.1 Å². The Morgan fingerprint density at radius 3 is 2.00 bits per heavy atom. The van der Waals surface area contributed by atoms with Gasteiger partial charge in [-0.1, -0.05) is 102 Å². The number of rotatable bonds is 11. The van der Waals surface area contributed by atoms with Crippen molar-refractivity contribution in [3.63, 3.8) is 0 Å². The zero-order chi connectivity index (χ0) is 22.7. The molecule has 0 saturated heterocycles. The summed E-state index contributed by atoms with van der Waals surface area (Å²) in [5, 5.41) is 2.00. The van der Waals surface area contributed by atoms with Crippen LogP contribution < -0.4 is 0 Å². The monoisotopic (exact) mass is 464 g/mol. The molecule has 1 fully saturated rings. The first-order chi connectivity index (χ1) is 14.3. The number of ketones is 1. The second kappa shape index (κ2) is 18.9. The summed E-state index contributed by atoms with van der Waals surface area (Å²) in [5.41, 5.74) is 0. The van der Waals surface area contributed by atoms with E-state index < -0.39 is 10.1 Å². The van der Waals surface area contributed by atoms with Gasteiger partial charge in [0.2, 0.25) is 0 Å². The number of unbranched alkanes of at least 4 members (excludes halogenated alkanes) is 5. The standard InChI is InChI=1S/C9H12OS.C8H17FO3S.C6H12/c1-7(2)9(10)6-8-4-3-5-11-8;1-2-3-4-5-6-7-8-13(10,11)12-9;1-2-4-6-5-3-1/h3-5,7H,6H2,1-2H3;2-8H2,1H3;1-6H2. The first-order valence-electron chi connectivity index (χ1n) is 11.4. The lowest BCUT2D eigenvalue weighted by Crippen LogP contribution is -2.08. The zero-order valence-corrected chi connectivity index (χ0v) is 20.7. The van der Waals surface area contributed by atoms with Gasteiger partial charge in [0, 0.05) is 17.2 Å². The molecule has 30 heavy (non-hydrogen) atoms. The van der Waals surface area contributed by atoms with Crippen molar-refractivity contribution in [2.45, 2.75) is 104 Å². The van der Waals surface area contributed by atoms with Gasteiger partial charge in [0.1, 0.15) is 5.78 Å². The van der Waals surface area contributed by atoms with Crippen molar-refractivity contribution in [2.75, 3.05) is 5.75 Å². The summed E-state index contributed by atoms with van der Waals surface area (Å²) in [4.78, 5) is 12.4. The third-order valence-electron chi connectivity index (χ3n) is 4.92. The summed E-state index contributed by atoms with van der Waals surface area (Å²) in [6.45, 7) is 5.99. The highest BCUT2D eigenvalue weighted by Gasteiger charge is 2.10. The Kier molecular flexibility index (Phi) is 18.4. The van der Waals surface area contributed by atoms with E-state index in [4.69, 9.17) is 0 Å². The molecular weight excluding hydrogens is 423 g/mol. The minimum atomic E-state index is -3.88. The average molecular weight is 465 g/mol. The molecule has 0 N–H and O–H groups in total. The number of hydrogen-bond acceptors (Lipinski definition) is 5. The van der Waals surface area contributed by atoms with E-state index in [9.17, 15) is 17.7 Å². The number of thiophene rings is 1. The molecule has 7 heteroatoms. The van der Waals surface area contributed by atoms with Crippen LogP contribution in [0.5, 0.6) is 0 Å². The number of hydrogen-bond donors (Lipinski definition) is 0. The average Bonchev–Trinajstić information content (AvgIpc) is 3.26. The smallest absolute Gasteiger partial charge is 0.297 e. The van der Waals surface area contributed by atoms with Gasteiger partial charge >= 0.3 is 0 Å². The summed E-state index contributed by atoms with van der Waals surface area (Å²) < 4.78 is 35.1. The van der Waals surface area contributed by atoms with Gasteiger partial charge in [-0.3, -0.25) is 4.79 Å². The second-order valence-electron chi connectivity index (χ2n) is 8.09. The molecule has 0 bridgehead atoms. The van der Waals surface area contributed by atoms with Gasteiger partial charge in [-0.25, -0.2) is 0 Å². The van der Waals surface area contributed by atoms with Crippen LogP contribution in [-0.4, -0.2) is 20.0 Å². The SMILES string of the molecule is C1CCCCC1.CC(C)C(=O)Cc1cccs1.CCCCCCCCS(=O)(=O)OF. The third-order valence-corrected chi connectivity index (χ3v) is 6.77. The quantitative estimate of drug-likeness (QED) is 0.319. The molecule has 0 aromatic carbocycles. The maximum atomic E-state index is 11.3. The van der Waals surface area contributed by atoms with E-state index in [-0.39, 0.29) is 11.7 Å². The molecule has 0 unspecified atom stereocenters. The Morgan fingerprint density at radius 2 is 1.57 bits per heavy atom. The lowest BCUT2D eigenvalue weighted by atomic mass is 10.0. The first kappa shape index (κ1) is 29.2. The minimum absolute atomic E-state index is 0.164. The second-order valence-corrected chi connectivity index (χ2v) is 10.8. The summed E-state index contributed by atoms with van der Waals surface area (Å²) in [6.07, 6.45) is 15.4. The van der Waals surface area contributed by atoms with Gasteiger partial charge in [-0.15, -0.1) is 11.3 Å². The van der Waals surface area contributed by atoms with E-state index in [0.717, 1.165) is 25.7 Å². The summed E-state index contributed by atoms with van der Waals surface area (Å²) in [5.74, 6) is 0.278. The van der Waals surface area contributed by atoms with Gasteiger partial charge in [-0.2, -0.15) is 8.42 Å². The van der Waals surface area contributed by atoms with Crippen LogP contribution in [0.3, 0.4) is 0 Å². The molecule has 0 atom stereocenters. The molecule has 0 amide bonds. The fraction of sp³-hybridized carbons (Fsp3) is 0.783. The molecular formula is C23H41FO4S2. The van der Waals surface area contributed by atoms with Gasteiger partial charge in [-0.05, 0) is 22.4 Å². The van der Waals surface area contributed by atoms with Crippen molar-refractivity contribution in [3.05, 3.63) is 22.4 Å². The first-order valence-corrected chi connectivity index (χ1v) is 13.9. The minimum Gasteiger partial charge on any atom is -0.299 e. The van der Waals surface area contributed by atoms with E-state index in [1.807, 2.05) is 31.4 Å². The molecule has 2 rings (SSSR count). The van der Waals surface area contributed by atoms with Gasteiger partial charge in [0.15, 0.2) is 0 Å². The normalized spacial score (nSPS) is 13.8. The zero-order valence-electron chi connectivity index (χ0n) is 19.0. The summed E-state index contributed by atoms with van der Waals surface area (Å²) in [6, 6.07) is 3.98. The topological polar surface area (TPSA) is 60.4 Å². The fourth-order valence-electron chi connectivity index (χ4n) is 2.94. The Bertz CT molecular complexity index is 598. The van der Waals surface area contributed by atoms with Crippen molar-refractivity contribution in [1.29, 1.82) is 0 Å². The van der Waals surface area contributed by atoms with E-state index in [2.05, 4.69) is 11.3 Å². The highest BCUT2D eigenvalue weighted by atomic mass is 32.2. The van der Waals surface area contributed by atoms with Crippen molar-refractivity contribution in [3.8, 4) is 0 Å². The van der Waals surface area contributed by atoms with E-state index >= 15 is 0 Å².